The van der Waals surface area contributed by atoms with Crippen molar-refractivity contribution >= 4 is 40.2 Å². The fourth-order valence-corrected chi connectivity index (χ4v) is 5.31. The highest BCUT2D eigenvalue weighted by molar-refractivity contribution is 5.92. The van der Waals surface area contributed by atoms with E-state index in [1.54, 1.807) is 12.1 Å². The number of ether oxygens (including phenoxy) is 4. The van der Waals surface area contributed by atoms with E-state index in [2.05, 4.69) is 20.6 Å². The summed E-state index contributed by atoms with van der Waals surface area (Å²) in [5, 5.41) is 6.91. The summed E-state index contributed by atoms with van der Waals surface area (Å²) in [6, 6.07) is 6.58. The van der Waals surface area contributed by atoms with Crippen LogP contribution in [-0.4, -0.2) is 54.8 Å². The summed E-state index contributed by atoms with van der Waals surface area (Å²) in [7, 11) is 3.01. The number of nitrogens with two attached hydrogens (primary N) is 2. The van der Waals surface area contributed by atoms with Gasteiger partial charge in [-0.1, -0.05) is 19.9 Å². The van der Waals surface area contributed by atoms with Gasteiger partial charge in [-0.3, -0.25) is 4.79 Å². The minimum absolute atomic E-state index is 0.0763. The zero-order valence-electron chi connectivity index (χ0n) is 25.5. The van der Waals surface area contributed by atoms with E-state index < -0.39 is 17.9 Å². The molecule has 0 spiro atoms. The van der Waals surface area contributed by atoms with Gasteiger partial charge in [0.25, 0.3) is 5.91 Å². The molecule has 1 aliphatic rings. The Kier molecular flexibility index (Phi) is 10.3. The molecule has 0 radical (unpaired) electrons. The zero-order valence-corrected chi connectivity index (χ0v) is 25.5. The third-order valence-electron chi connectivity index (χ3n) is 7.48. The number of nitrogens with one attached hydrogen (secondary N) is 2. The molecule has 6 N–H and O–H groups in total. The van der Waals surface area contributed by atoms with E-state index in [1.165, 1.54) is 14.2 Å². The molecule has 0 unspecified atom stereocenters. The lowest BCUT2D eigenvalue weighted by molar-refractivity contribution is -0.153. The zero-order chi connectivity index (χ0) is 31.1. The minimum atomic E-state index is -0.745. The summed E-state index contributed by atoms with van der Waals surface area (Å²) >= 11 is 0. The van der Waals surface area contributed by atoms with E-state index in [-0.39, 0.29) is 30.3 Å². The SMILES string of the molecule is COc1cc(NCc2ccc3nc(N)nc(N)c3c2C)cc(OC)c1OCC(=O)N[C@H](CC(C)C)C(=O)OC1CCCC1. The first kappa shape index (κ1) is 31.5. The van der Waals surface area contributed by atoms with E-state index >= 15 is 0 Å². The van der Waals surface area contributed by atoms with Crippen LogP contribution in [0.25, 0.3) is 10.9 Å². The van der Waals surface area contributed by atoms with Crippen LogP contribution in [0, 0.1) is 12.8 Å². The van der Waals surface area contributed by atoms with Crippen molar-refractivity contribution in [2.45, 2.75) is 71.6 Å². The van der Waals surface area contributed by atoms with Gasteiger partial charge in [0.1, 0.15) is 18.0 Å². The van der Waals surface area contributed by atoms with Gasteiger partial charge in [0.05, 0.1) is 19.7 Å². The number of methoxy groups -OCH3 is 2. The quantitative estimate of drug-likeness (QED) is 0.210. The second kappa shape index (κ2) is 14.1. The molecule has 1 atom stereocenters. The molecule has 12 heteroatoms. The summed E-state index contributed by atoms with van der Waals surface area (Å²) in [5.41, 5.74) is 15.2. The predicted octanol–water partition coefficient (Wildman–Crippen LogP) is 4.13. The van der Waals surface area contributed by atoms with Gasteiger partial charge < -0.3 is 41.0 Å². The molecule has 1 amide bonds. The Labute approximate surface area is 251 Å². The Morgan fingerprint density at radius 3 is 2.35 bits per heavy atom. The number of benzene rings is 2. The van der Waals surface area contributed by atoms with Crippen LogP contribution in [-0.2, 0) is 20.9 Å². The Balaban J connectivity index is 1.43. The first-order valence-electron chi connectivity index (χ1n) is 14.5. The lowest BCUT2D eigenvalue weighted by Gasteiger charge is -2.22. The summed E-state index contributed by atoms with van der Waals surface area (Å²) < 4.78 is 22.7. The second-order valence-electron chi connectivity index (χ2n) is 11.2. The van der Waals surface area contributed by atoms with E-state index in [1.807, 2.05) is 32.9 Å². The largest absolute Gasteiger partial charge is 0.493 e. The molecule has 4 rings (SSSR count). The van der Waals surface area contributed by atoms with Crippen molar-refractivity contribution in [1.82, 2.24) is 15.3 Å². The van der Waals surface area contributed by atoms with E-state index in [0.717, 1.165) is 42.2 Å². The summed E-state index contributed by atoms with van der Waals surface area (Å²) in [5.74, 6) is 0.810. The van der Waals surface area contributed by atoms with Gasteiger partial charge in [0, 0.05) is 29.8 Å². The Bertz CT molecular complexity index is 1430. The average Bonchev–Trinajstić information content (AvgIpc) is 3.47. The molecule has 0 aliphatic heterocycles. The van der Waals surface area contributed by atoms with Crippen molar-refractivity contribution < 1.29 is 28.5 Å². The summed E-state index contributed by atoms with van der Waals surface area (Å²) in [6.45, 7) is 6.07. The summed E-state index contributed by atoms with van der Waals surface area (Å²) in [4.78, 5) is 34.1. The molecular weight excluding hydrogens is 552 g/mol. The molecule has 1 heterocycles. The van der Waals surface area contributed by atoms with Crippen LogP contribution in [0.15, 0.2) is 24.3 Å². The maximum Gasteiger partial charge on any atom is 0.328 e. The number of hydrogen-bond acceptors (Lipinski definition) is 11. The Morgan fingerprint density at radius 2 is 1.72 bits per heavy atom. The van der Waals surface area contributed by atoms with E-state index in [0.29, 0.717) is 41.5 Å². The lowest BCUT2D eigenvalue weighted by Crippen LogP contribution is -2.45. The molecule has 1 aromatic heterocycles. The van der Waals surface area contributed by atoms with Gasteiger partial charge in [-0.15, -0.1) is 0 Å². The lowest BCUT2D eigenvalue weighted by atomic mass is 10.0. The van der Waals surface area contributed by atoms with Crippen LogP contribution in [0.5, 0.6) is 17.2 Å². The molecular formula is C31H42N6O6. The van der Waals surface area contributed by atoms with Gasteiger partial charge in [-0.2, -0.15) is 4.98 Å². The van der Waals surface area contributed by atoms with Crippen molar-refractivity contribution in [2.75, 3.05) is 37.6 Å². The molecule has 1 aliphatic carbocycles. The number of amides is 1. The fourth-order valence-electron chi connectivity index (χ4n) is 5.31. The van der Waals surface area contributed by atoms with Crippen LogP contribution in [0.4, 0.5) is 17.5 Å². The van der Waals surface area contributed by atoms with Crippen molar-refractivity contribution in [3.63, 3.8) is 0 Å². The first-order valence-corrected chi connectivity index (χ1v) is 14.5. The number of aryl methyl sites for hydroxylation is 1. The second-order valence-corrected chi connectivity index (χ2v) is 11.2. The maximum atomic E-state index is 12.9. The predicted molar refractivity (Wildman–Crippen MR) is 165 cm³/mol. The average molecular weight is 595 g/mol. The van der Waals surface area contributed by atoms with Crippen LogP contribution < -0.4 is 36.3 Å². The number of aromatic nitrogens is 2. The van der Waals surface area contributed by atoms with Gasteiger partial charge in [0.15, 0.2) is 18.1 Å². The number of carbonyl (C=O) groups excluding carboxylic acids is 2. The standard InChI is InChI=1S/C31H42N6O6/c1-17(2)12-23(30(39)43-21-8-6-7-9-21)35-26(38)16-42-28-24(40-4)13-20(14-25(28)41-5)34-15-19-10-11-22-27(18(19)3)29(32)37-31(33)36-22/h10-11,13-14,17,21,23,34H,6-9,12,15-16H2,1-5H3,(H,35,38)(H4,32,33,36,37)/t23-/m1/s1. The van der Waals surface area contributed by atoms with Crippen molar-refractivity contribution in [3.8, 4) is 17.2 Å². The number of fused-ring (bicyclic) bond motifs is 1. The fraction of sp³-hybridized carbons (Fsp3) is 0.484. The monoisotopic (exact) mass is 594 g/mol. The molecule has 43 heavy (non-hydrogen) atoms. The molecule has 0 bridgehead atoms. The van der Waals surface area contributed by atoms with Gasteiger partial charge >= 0.3 is 5.97 Å². The van der Waals surface area contributed by atoms with Crippen molar-refractivity contribution in [1.29, 1.82) is 0 Å². The maximum absolute atomic E-state index is 12.9. The number of hydrogen-bond donors (Lipinski definition) is 4. The highest BCUT2D eigenvalue weighted by Gasteiger charge is 2.28. The Morgan fingerprint density at radius 1 is 1.05 bits per heavy atom. The minimum Gasteiger partial charge on any atom is -0.493 e. The summed E-state index contributed by atoms with van der Waals surface area (Å²) in [6.07, 6.45) is 4.22. The number of carbonyl (C=O) groups is 2. The molecule has 3 aromatic rings. The molecule has 0 saturated heterocycles. The van der Waals surface area contributed by atoms with Gasteiger partial charge in [-0.25, -0.2) is 9.78 Å². The first-order chi connectivity index (χ1) is 20.6. The van der Waals surface area contributed by atoms with Crippen LogP contribution in [0.2, 0.25) is 0 Å². The molecule has 232 valence electrons. The molecule has 1 saturated carbocycles. The smallest absolute Gasteiger partial charge is 0.328 e. The van der Waals surface area contributed by atoms with E-state index in [4.69, 9.17) is 30.4 Å². The third kappa shape index (κ3) is 7.88. The van der Waals surface area contributed by atoms with Crippen molar-refractivity contribution in [3.05, 3.63) is 35.4 Å². The number of rotatable bonds is 13. The van der Waals surface area contributed by atoms with E-state index in [9.17, 15) is 9.59 Å². The number of nitrogens with zero attached hydrogens (tertiary/aromatic N) is 2. The number of nitrogen functional groups attached to an aromatic ring is 2. The highest BCUT2D eigenvalue weighted by Crippen LogP contribution is 2.40. The highest BCUT2D eigenvalue weighted by atomic mass is 16.5. The van der Waals surface area contributed by atoms with Crippen LogP contribution in [0.3, 0.4) is 0 Å². The van der Waals surface area contributed by atoms with Crippen LogP contribution >= 0.6 is 0 Å². The van der Waals surface area contributed by atoms with Gasteiger partial charge in [-0.05, 0) is 62.1 Å². The number of esters is 1. The molecule has 2 aromatic carbocycles. The number of anilines is 3. The Hall–Kier alpha value is -4.48. The van der Waals surface area contributed by atoms with Crippen molar-refractivity contribution in [2.24, 2.45) is 5.92 Å². The molecule has 1 fully saturated rings. The topological polar surface area (TPSA) is 173 Å². The molecule has 12 nitrogen and oxygen atoms in total. The van der Waals surface area contributed by atoms with Gasteiger partial charge in [0.2, 0.25) is 11.7 Å². The normalized spacial score (nSPS) is 14.0. The van der Waals surface area contributed by atoms with Crippen LogP contribution in [0.1, 0.15) is 57.1 Å². The third-order valence-corrected chi connectivity index (χ3v) is 7.48.